The Labute approximate surface area is 165 Å². The SMILES string of the molecule is COC(=O)c1cc(NC(=O)CC2Nc3ccccc3OC2=O)cc(C(=O)OC)c1. The summed E-state index contributed by atoms with van der Waals surface area (Å²) in [6, 6.07) is 10.0. The van der Waals surface area contributed by atoms with Crippen LogP contribution in [0, 0.1) is 0 Å². The Morgan fingerprint density at radius 2 is 1.66 bits per heavy atom. The Kier molecular flexibility index (Phi) is 5.77. The number of methoxy groups -OCH3 is 2. The minimum absolute atomic E-state index is 0.0647. The molecule has 0 aromatic heterocycles. The van der Waals surface area contributed by atoms with Crippen LogP contribution < -0.4 is 15.4 Å². The highest BCUT2D eigenvalue weighted by atomic mass is 16.5. The van der Waals surface area contributed by atoms with Crippen LogP contribution in [0.25, 0.3) is 0 Å². The first kappa shape index (κ1) is 19.9. The van der Waals surface area contributed by atoms with E-state index in [1.54, 1.807) is 24.3 Å². The lowest BCUT2D eigenvalue weighted by molar-refractivity contribution is -0.137. The van der Waals surface area contributed by atoms with Gasteiger partial charge in [-0.2, -0.15) is 0 Å². The molecule has 0 bridgehead atoms. The number of nitrogens with one attached hydrogen (secondary N) is 2. The molecule has 3 rings (SSSR count). The maximum atomic E-state index is 12.4. The molecule has 0 fully saturated rings. The zero-order valence-electron chi connectivity index (χ0n) is 15.7. The average molecular weight is 398 g/mol. The molecule has 1 unspecified atom stereocenters. The molecule has 2 N–H and O–H groups in total. The summed E-state index contributed by atoms with van der Waals surface area (Å²) in [5, 5.41) is 5.53. The molecule has 0 saturated heterocycles. The van der Waals surface area contributed by atoms with Gasteiger partial charge in [0.05, 0.1) is 37.5 Å². The molecule has 1 aliphatic rings. The molecule has 29 heavy (non-hydrogen) atoms. The van der Waals surface area contributed by atoms with Gasteiger partial charge in [0.1, 0.15) is 6.04 Å². The number of benzene rings is 2. The molecule has 0 spiro atoms. The van der Waals surface area contributed by atoms with E-state index in [1.807, 2.05) is 0 Å². The van der Waals surface area contributed by atoms with Gasteiger partial charge in [0, 0.05) is 5.69 Å². The minimum Gasteiger partial charge on any atom is -0.465 e. The van der Waals surface area contributed by atoms with Gasteiger partial charge in [-0.1, -0.05) is 12.1 Å². The average Bonchev–Trinajstić information content (AvgIpc) is 2.72. The number of rotatable bonds is 5. The van der Waals surface area contributed by atoms with Crippen LogP contribution in [0.5, 0.6) is 5.75 Å². The van der Waals surface area contributed by atoms with Gasteiger partial charge in [-0.3, -0.25) is 4.79 Å². The summed E-state index contributed by atoms with van der Waals surface area (Å²) >= 11 is 0. The van der Waals surface area contributed by atoms with Crippen molar-refractivity contribution in [2.75, 3.05) is 24.9 Å². The first-order chi connectivity index (χ1) is 13.9. The number of ether oxygens (including phenoxy) is 3. The van der Waals surface area contributed by atoms with Crippen LogP contribution in [-0.2, 0) is 19.1 Å². The lowest BCUT2D eigenvalue weighted by atomic mass is 10.1. The van der Waals surface area contributed by atoms with Crippen LogP contribution in [0.3, 0.4) is 0 Å². The Balaban J connectivity index is 1.75. The normalized spacial score (nSPS) is 14.7. The van der Waals surface area contributed by atoms with Gasteiger partial charge in [0.25, 0.3) is 0 Å². The summed E-state index contributed by atoms with van der Waals surface area (Å²) in [5.74, 6) is -2.07. The lowest BCUT2D eigenvalue weighted by Crippen LogP contribution is -2.39. The predicted molar refractivity (Wildman–Crippen MR) is 102 cm³/mol. The van der Waals surface area contributed by atoms with E-state index in [1.165, 1.54) is 32.4 Å². The molecule has 0 radical (unpaired) electrons. The van der Waals surface area contributed by atoms with E-state index < -0.39 is 29.9 Å². The van der Waals surface area contributed by atoms with E-state index >= 15 is 0 Å². The second-order valence-electron chi connectivity index (χ2n) is 6.15. The number of hydrogen-bond donors (Lipinski definition) is 2. The molecule has 0 saturated carbocycles. The number of carbonyl (C=O) groups excluding carboxylic acids is 4. The summed E-state index contributed by atoms with van der Waals surface area (Å²) in [4.78, 5) is 48.2. The second-order valence-corrected chi connectivity index (χ2v) is 6.15. The summed E-state index contributed by atoms with van der Waals surface area (Å²) in [5.41, 5.74) is 0.915. The Morgan fingerprint density at radius 3 is 2.28 bits per heavy atom. The van der Waals surface area contributed by atoms with Crippen molar-refractivity contribution >= 4 is 35.2 Å². The highest BCUT2D eigenvalue weighted by molar-refractivity contribution is 6.01. The van der Waals surface area contributed by atoms with Crippen molar-refractivity contribution in [2.45, 2.75) is 12.5 Å². The van der Waals surface area contributed by atoms with Crippen molar-refractivity contribution in [3.8, 4) is 5.75 Å². The third-order valence-corrected chi connectivity index (χ3v) is 4.16. The number of fused-ring (bicyclic) bond motifs is 1. The second kappa shape index (κ2) is 8.42. The van der Waals surface area contributed by atoms with Gasteiger partial charge in [-0.25, -0.2) is 14.4 Å². The molecule has 1 amide bonds. The van der Waals surface area contributed by atoms with Gasteiger partial charge < -0.3 is 24.8 Å². The van der Waals surface area contributed by atoms with Crippen molar-refractivity contribution in [2.24, 2.45) is 0 Å². The maximum Gasteiger partial charge on any atom is 0.337 e. The van der Waals surface area contributed by atoms with Crippen LogP contribution in [0.4, 0.5) is 11.4 Å². The van der Waals surface area contributed by atoms with E-state index in [-0.39, 0.29) is 23.2 Å². The van der Waals surface area contributed by atoms with Crippen molar-refractivity contribution in [1.29, 1.82) is 0 Å². The third-order valence-electron chi connectivity index (χ3n) is 4.16. The molecular weight excluding hydrogens is 380 g/mol. The van der Waals surface area contributed by atoms with Gasteiger partial charge in [0.15, 0.2) is 5.75 Å². The van der Waals surface area contributed by atoms with Crippen molar-refractivity contribution in [1.82, 2.24) is 0 Å². The summed E-state index contributed by atoms with van der Waals surface area (Å²) < 4.78 is 14.5. The first-order valence-electron chi connectivity index (χ1n) is 8.60. The van der Waals surface area contributed by atoms with Crippen LogP contribution >= 0.6 is 0 Å². The zero-order valence-corrected chi connectivity index (χ0v) is 15.7. The fourth-order valence-corrected chi connectivity index (χ4v) is 2.80. The number of amides is 1. The lowest BCUT2D eigenvalue weighted by Gasteiger charge is -2.25. The van der Waals surface area contributed by atoms with Crippen LogP contribution in [0.1, 0.15) is 27.1 Å². The molecule has 1 heterocycles. The van der Waals surface area contributed by atoms with Gasteiger partial charge in [-0.05, 0) is 30.3 Å². The van der Waals surface area contributed by atoms with E-state index in [0.717, 1.165) is 0 Å². The van der Waals surface area contributed by atoms with E-state index in [4.69, 9.17) is 4.74 Å². The molecule has 9 heteroatoms. The summed E-state index contributed by atoms with van der Waals surface area (Å²) in [6.07, 6.45) is -0.219. The number of anilines is 2. The van der Waals surface area contributed by atoms with Crippen LogP contribution in [-0.4, -0.2) is 44.1 Å². The minimum atomic E-state index is -0.881. The molecule has 0 aliphatic carbocycles. The Morgan fingerprint density at radius 1 is 1.03 bits per heavy atom. The molecule has 1 aliphatic heterocycles. The zero-order chi connectivity index (χ0) is 21.0. The van der Waals surface area contributed by atoms with Gasteiger partial charge in [0.2, 0.25) is 5.91 Å². The molecule has 2 aromatic rings. The summed E-state index contributed by atoms with van der Waals surface area (Å²) in [6.45, 7) is 0. The predicted octanol–water partition coefficient (Wildman–Crippen LogP) is 1.99. The smallest absolute Gasteiger partial charge is 0.337 e. The standard InChI is InChI=1S/C20H18N2O7/c1-27-18(24)11-7-12(19(25)28-2)9-13(8-11)21-17(23)10-15-20(26)29-16-6-4-3-5-14(16)22-15/h3-9,15,22H,10H2,1-2H3,(H,21,23). The molecule has 2 aromatic carbocycles. The number of hydrogen-bond acceptors (Lipinski definition) is 8. The van der Waals surface area contributed by atoms with Crippen molar-refractivity contribution in [3.63, 3.8) is 0 Å². The van der Waals surface area contributed by atoms with E-state index in [0.29, 0.717) is 11.4 Å². The third kappa shape index (κ3) is 4.52. The number of para-hydroxylation sites is 2. The largest absolute Gasteiger partial charge is 0.465 e. The van der Waals surface area contributed by atoms with E-state index in [2.05, 4.69) is 20.1 Å². The van der Waals surface area contributed by atoms with Crippen LogP contribution in [0.2, 0.25) is 0 Å². The molecule has 1 atom stereocenters. The van der Waals surface area contributed by atoms with Gasteiger partial charge in [-0.15, -0.1) is 0 Å². The first-order valence-corrected chi connectivity index (χ1v) is 8.60. The number of carbonyl (C=O) groups is 4. The highest BCUT2D eigenvalue weighted by Crippen LogP contribution is 2.29. The quantitative estimate of drug-likeness (QED) is 0.580. The fraction of sp³-hybridized carbons (Fsp3) is 0.200. The van der Waals surface area contributed by atoms with Crippen molar-refractivity contribution < 1.29 is 33.4 Å². The fourth-order valence-electron chi connectivity index (χ4n) is 2.80. The molecular formula is C20H18N2O7. The Hall–Kier alpha value is -3.88. The van der Waals surface area contributed by atoms with Crippen LogP contribution in [0.15, 0.2) is 42.5 Å². The number of esters is 3. The topological polar surface area (TPSA) is 120 Å². The molecule has 150 valence electrons. The summed E-state index contributed by atoms with van der Waals surface area (Å²) in [7, 11) is 2.40. The Bertz CT molecular complexity index is 952. The maximum absolute atomic E-state index is 12.4. The van der Waals surface area contributed by atoms with Gasteiger partial charge >= 0.3 is 17.9 Å². The highest BCUT2D eigenvalue weighted by Gasteiger charge is 2.29. The van der Waals surface area contributed by atoms with Crippen molar-refractivity contribution in [3.05, 3.63) is 53.6 Å². The monoisotopic (exact) mass is 398 g/mol. The molecule has 9 nitrogen and oxygen atoms in total. The van der Waals surface area contributed by atoms with E-state index in [9.17, 15) is 19.2 Å².